The Kier molecular flexibility index (Phi) is 4.16. The Balaban J connectivity index is 1.91. The summed E-state index contributed by atoms with van der Waals surface area (Å²) in [6.07, 6.45) is 1.55. The third kappa shape index (κ3) is 2.92. The first-order chi connectivity index (χ1) is 13.3. The van der Waals surface area contributed by atoms with Crippen LogP contribution in [0.3, 0.4) is 0 Å². The van der Waals surface area contributed by atoms with E-state index in [4.69, 9.17) is 9.88 Å². The van der Waals surface area contributed by atoms with Crippen molar-refractivity contribution < 1.29 is 13.2 Å². The lowest BCUT2D eigenvalue weighted by Crippen LogP contribution is -2.21. The summed E-state index contributed by atoms with van der Waals surface area (Å²) in [6.45, 7) is 1.85. The summed E-state index contributed by atoms with van der Waals surface area (Å²) in [4.78, 5) is 24.1. The zero-order chi connectivity index (χ0) is 20.1. The van der Waals surface area contributed by atoms with Crippen molar-refractivity contribution in [1.82, 2.24) is 19.5 Å². The number of hydrogen-bond donors (Lipinski definition) is 2. The molecule has 3 aromatic heterocycles. The summed E-state index contributed by atoms with van der Waals surface area (Å²) < 4.78 is 29.7. The van der Waals surface area contributed by atoms with Crippen LogP contribution in [0.5, 0.6) is 5.88 Å². The van der Waals surface area contributed by atoms with Crippen LogP contribution < -0.4 is 15.6 Å². The van der Waals surface area contributed by atoms with Gasteiger partial charge in [0.05, 0.1) is 35.3 Å². The summed E-state index contributed by atoms with van der Waals surface area (Å²) in [5, 5.41) is 5.85. The van der Waals surface area contributed by atoms with Crippen molar-refractivity contribution in [2.24, 2.45) is 5.14 Å². The summed E-state index contributed by atoms with van der Waals surface area (Å²) in [6, 6.07) is 9.26. The van der Waals surface area contributed by atoms with Crippen LogP contribution in [-0.4, -0.2) is 35.0 Å². The second-order valence-corrected chi connectivity index (χ2v) is 7.90. The first-order valence-electron chi connectivity index (χ1n) is 8.36. The van der Waals surface area contributed by atoms with Crippen LogP contribution in [0.1, 0.15) is 18.5 Å². The Morgan fingerprint density at radius 3 is 2.54 bits per heavy atom. The highest BCUT2D eigenvalue weighted by molar-refractivity contribution is 7.89. The Labute approximate surface area is 159 Å². The molecule has 0 aliphatic rings. The lowest BCUT2D eigenvalue weighted by molar-refractivity contribution is 0.399. The van der Waals surface area contributed by atoms with E-state index in [0.717, 1.165) is 5.56 Å². The van der Waals surface area contributed by atoms with Gasteiger partial charge in [-0.3, -0.25) is 4.57 Å². The third-order valence-corrected chi connectivity index (χ3v) is 5.59. The number of ether oxygens (including phenoxy) is 1. The lowest BCUT2D eigenvalue weighted by Gasteiger charge is -2.15. The van der Waals surface area contributed by atoms with Crippen molar-refractivity contribution in [2.45, 2.75) is 17.9 Å². The third-order valence-electron chi connectivity index (χ3n) is 4.66. The van der Waals surface area contributed by atoms with Gasteiger partial charge in [0.15, 0.2) is 5.65 Å². The first-order valence-corrected chi connectivity index (χ1v) is 9.91. The highest BCUT2D eigenvalue weighted by Crippen LogP contribution is 2.27. The molecule has 0 aliphatic carbocycles. The number of methoxy groups -OCH3 is 1. The topological polar surface area (TPSA) is 133 Å². The lowest BCUT2D eigenvalue weighted by atomic mass is 10.1. The van der Waals surface area contributed by atoms with Gasteiger partial charge in [-0.15, -0.1) is 0 Å². The smallest absolute Gasteiger partial charge is 0.327 e. The molecule has 0 saturated heterocycles. The number of rotatable bonds is 4. The molecule has 0 fully saturated rings. The van der Waals surface area contributed by atoms with Gasteiger partial charge in [-0.25, -0.2) is 23.3 Å². The summed E-state index contributed by atoms with van der Waals surface area (Å²) in [7, 11) is -2.26. The fourth-order valence-electron chi connectivity index (χ4n) is 3.24. The predicted molar refractivity (Wildman–Crippen MR) is 104 cm³/mol. The maximum Gasteiger partial charge on any atom is 0.327 e. The molecule has 28 heavy (non-hydrogen) atoms. The minimum absolute atomic E-state index is 0.0145. The molecule has 0 radical (unpaired) electrons. The van der Waals surface area contributed by atoms with Crippen LogP contribution in [0.25, 0.3) is 22.1 Å². The van der Waals surface area contributed by atoms with Gasteiger partial charge in [-0.1, -0.05) is 12.1 Å². The van der Waals surface area contributed by atoms with Gasteiger partial charge in [-0.2, -0.15) is 4.98 Å². The number of benzene rings is 1. The van der Waals surface area contributed by atoms with Gasteiger partial charge in [0.1, 0.15) is 0 Å². The molecule has 0 amide bonds. The second-order valence-electron chi connectivity index (χ2n) is 6.34. The van der Waals surface area contributed by atoms with Gasteiger partial charge in [0.2, 0.25) is 15.9 Å². The molecule has 1 unspecified atom stereocenters. The number of aromatic nitrogens is 4. The fourth-order valence-corrected chi connectivity index (χ4v) is 3.76. The van der Waals surface area contributed by atoms with Crippen molar-refractivity contribution >= 4 is 32.1 Å². The minimum Gasteiger partial charge on any atom is -0.481 e. The van der Waals surface area contributed by atoms with Crippen LogP contribution in [-0.2, 0) is 10.0 Å². The molecule has 0 bridgehead atoms. The Hall–Kier alpha value is -3.24. The Morgan fingerprint density at radius 1 is 1.18 bits per heavy atom. The van der Waals surface area contributed by atoms with Crippen molar-refractivity contribution in [3.05, 3.63) is 58.6 Å². The zero-order valence-electron chi connectivity index (χ0n) is 15.1. The normalized spacial score (nSPS) is 13.1. The van der Waals surface area contributed by atoms with E-state index in [1.54, 1.807) is 35.0 Å². The highest BCUT2D eigenvalue weighted by atomic mass is 32.2. The van der Waals surface area contributed by atoms with Gasteiger partial charge >= 0.3 is 5.69 Å². The van der Waals surface area contributed by atoms with E-state index in [-0.39, 0.29) is 16.6 Å². The number of pyridine rings is 2. The number of sulfonamides is 1. The summed E-state index contributed by atoms with van der Waals surface area (Å²) in [5.41, 5.74) is 2.15. The largest absolute Gasteiger partial charge is 0.481 e. The molecule has 10 heteroatoms. The Morgan fingerprint density at radius 2 is 1.89 bits per heavy atom. The van der Waals surface area contributed by atoms with E-state index >= 15 is 0 Å². The van der Waals surface area contributed by atoms with E-state index in [1.807, 2.05) is 6.92 Å². The van der Waals surface area contributed by atoms with E-state index < -0.39 is 10.0 Å². The average molecular weight is 399 g/mol. The van der Waals surface area contributed by atoms with E-state index in [2.05, 4.69) is 15.0 Å². The zero-order valence-corrected chi connectivity index (χ0v) is 15.9. The number of fused-ring (bicyclic) bond motifs is 3. The molecule has 9 nitrogen and oxygen atoms in total. The number of nitrogens with one attached hydrogen (secondary N) is 1. The van der Waals surface area contributed by atoms with E-state index in [9.17, 15) is 13.2 Å². The predicted octanol–water partition coefficient (Wildman–Crippen LogP) is 1.54. The molecule has 4 rings (SSSR count). The number of H-pyrrole nitrogens is 1. The molecular formula is C18H17N5O4S. The van der Waals surface area contributed by atoms with Gasteiger partial charge in [-0.05, 0) is 30.7 Å². The van der Waals surface area contributed by atoms with Crippen molar-refractivity contribution in [3.8, 4) is 5.88 Å². The van der Waals surface area contributed by atoms with Crippen molar-refractivity contribution in [3.63, 3.8) is 0 Å². The standard InChI is InChI=1S/C18H17N5O4S/c1-10(11-3-5-12(6-4-11)28(19,25)26)23-16-13-7-8-15(27-2)22-17(13)20-9-14(16)21-18(23)24/h3-10H,1-2H3,(H,21,24)(H2,19,25,26). The average Bonchev–Trinajstić information content (AvgIpc) is 3.02. The van der Waals surface area contributed by atoms with Crippen LogP contribution in [0.2, 0.25) is 0 Å². The SMILES string of the molecule is COc1ccc2c(ncc3[nH]c(=O)n(C(C)c4ccc(S(N)(=O)=O)cc4)c32)n1. The molecule has 0 saturated carbocycles. The highest BCUT2D eigenvalue weighted by Gasteiger charge is 2.19. The van der Waals surface area contributed by atoms with E-state index in [1.165, 1.54) is 19.2 Å². The molecular weight excluding hydrogens is 382 g/mol. The van der Waals surface area contributed by atoms with Crippen LogP contribution in [0, 0.1) is 0 Å². The number of aromatic amines is 1. The number of hydrogen-bond acceptors (Lipinski definition) is 6. The molecule has 0 spiro atoms. The van der Waals surface area contributed by atoms with Gasteiger partial charge < -0.3 is 9.72 Å². The fraction of sp³-hybridized carbons (Fsp3) is 0.167. The molecule has 0 aliphatic heterocycles. The second kappa shape index (κ2) is 6.43. The number of primary sulfonamides is 1. The molecule has 1 atom stereocenters. The van der Waals surface area contributed by atoms with Crippen molar-refractivity contribution in [2.75, 3.05) is 7.11 Å². The monoisotopic (exact) mass is 399 g/mol. The number of imidazole rings is 1. The minimum atomic E-state index is -3.78. The molecule has 1 aromatic carbocycles. The molecule has 144 valence electrons. The molecule has 3 N–H and O–H groups in total. The van der Waals surface area contributed by atoms with E-state index in [0.29, 0.717) is 27.9 Å². The van der Waals surface area contributed by atoms with Crippen molar-refractivity contribution in [1.29, 1.82) is 0 Å². The quantitative estimate of drug-likeness (QED) is 0.535. The van der Waals surface area contributed by atoms with Gasteiger partial charge in [0, 0.05) is 11.5 Å². The number of nitrogens with two attached hydrogens (primary N) is 1. The van der Waals surface area contributed by atoms with Crippen LogP contribution in [0.4, 0.5) is 0 Å². The first kappa shape index (κ1) is 18.1. The maximum absolute atomic E-state index is 12.7. The van der Waals surface area contributed by atoms with Crippen LogP contribution in [0.15, 0.2) is 52.3 Å². The number of nitrogens with zero attached hydrogens (tertiary/aromatic N) is 3. The molecule has 4 aromatic rings. The molecule has 3 heterocycles. The maximum atomic E-state index is 12.7. The van der Waals surface area contributed by atoms with Crippen LogP contribution >= 0.6 is 0 Å². The Bertz CT molecular complexity index is 1360. The van der Waals surface area contributed by atoms with Gasteiger partial charge in [0.25, 0.3) is 0 Å². The summed E-state index contributed by atoms with van der Waals surface area (Å²) in [5.74, 6) is 0.426. The summed E-state index contributed by atoms with van der Waals surface area (Å²) >= 11 is 0.